The summed E-state index contributed by atoms with van der Waals surface area (Å²) in [6.07, 6.45) is 0. The molecule has 0 radical (unpaired) electrons. The molecule has 0 amide bonds. The van der Waals surface area contributed by atoms with Gasteiger partial charge in [-0.05, 0) is 12.1 Å². The fourth-order valence-electron chi connectivity index (χ4n) is 0.871. The standard InChI is InChI=1S/C8H6F2N2O2S/c9-6-2-1-3-7(8(6)10)12-15(13,14)5-4-11/h1-3,12H,5H2. The molecule has 1 N–H and O–H groups in total. The van der Waals surface area contributed by atoms with Gasteiger partial charge in [-0.25, -0.2) is 17.2 Å². The zero-order valence-corrected chi connectivity index (χ0v) is 8.18. The van der Waals surface area contributed by atoms with Crippen molar-refractivity contribution in [2.24, 2.45) is 0 Å². The van der Waals surface area contributed by atoms with Crippen molar-refractivity contribution in [2.45, 2.75) is 0 Å². The van der Waals surface area contributed by atoms with Crippen molar-refractivity contribution in [3.63, 3.8) is 0 Å². The van der Waals surface area contributed by atoms with Crippen LogP contribution in [0.25, 0.3) is 0 Å². The van der Waals surface area contributed by atoms with Crippen LogP contribution in [0.4, 0.5) is 14.5 Å². The highest BCUT2D eigenvalue weighted by molar-refractivity contribution is 7.92. The highest BCUT2D eigenvalue weighted by Crippen LogP contribution is 2.17. The van der Waals surface area contributed by atoms with Crippen LogP contribution in [0.2, 0.25) is 0 Å². The van der Waals surface area contributed by atoms with Crippen LogP contribution in [-0.4, -0.2) is 14.2 Å². The van der Waals surface area contributed by atoms with Gasteiger partial charge in [0.15, 0.2) is 17.4 Å². The van der Waals surface area contributed by atoms with Gasteiger partial charge in [0.2, 0.25) is 10.0 Å². The Kier molecular flexibility index (Phi) is 3.21. The lowest BCUT2D eigenvalue weighted by Gasteiger charge is -2.05. The molecule has 0 atom stereocenters. The number of sulfonamides is 1. The zero-order chi connectivity index (χ0) is 11.5. The van der Waals surface area contributed by atoms with E-state index < -0.39 is 33.1 Å². The van der Waals surface area contributed by atoms with E-state index in [-0.39, 0.29) is 0 Å². The number of nitrogens with one attached hydrogen (secondary N) is 1. The van der Waals surface area contributed by atoms with Crippen LogP contribution >= 0.6 is 0 Å². The molecule has 0 heterocycles. The number of benzene rings is 1. The van der Waals surface area contributed by atoms with Crippen LogP contribution in [0, 0.1) is 23.0 Å². The molecule has 0 bridgehead atoms. The van der Waals surface area contributed by atoms with Crippen LogP contribution < -0.4 is 4.72 Å². The van der Waals surface area contributed by atoms with E-state index >= 15 is 0 Å². The van der Waals surface area contributed by atoms with Crippen molar-refractivity contribution < 1.29 is 17.2 Å². The maximum atomic E-state index is 13.0. The molecule has 0 unspecified atom stereocenters. The van der Waals surface area contributed by atoms with E-state index in [4.69, 9.17) is 5.26 Å². The number of anilines is 1. The average Bonchev–Trinajstić information content (AvgIpc) is 2.12. The molecular formula is C8H6F2N2O2S. The van der Waals surface area contributed by atoms with Gasteiger partial charge in [-0.1, -0.05) is 6.07 Å². The van der Waals surface area contributed by atoms with Gasteiger partial charge in [0.25, 0.3) is 0 Å². The molecule has 0 aliphatic rings. The average molecular weight is 232 g/mol. The topological polar surface area (TPSA) is 70.0 Å². The van der Waals surface area contributed by atoms with E-state index in [9.17, 15) is 17.2 Å². The van der Waals surface area contributed by atoms with E-state index in [2.05, 4.69) is 0 Å². The number of halogens is 2. The molecular weight excluding hydrogens is 226 g/mol. The summed E-state index contributed by atoms with van der Waals surface area (Å²) < 4.78 is 49.5. The summed E-state index contributed by atoms with van der Waals surface area (Å²) >= 11 is 0. The predicted octanol–water partition coefficient (Wildman–Crippen LogP) is 1.23. The molecule has 0 saturated heterocycles. The summed E-state index contributed by atoms with van der Waals surface area (Å²) in [4.78, 5) is 0. The molecule has 0 fully saturated rings. The second kappa shape index (κ2) is 4.23. The third-order valence-corrected chi connectivity index (χ3v) is 2.51. The minimum atomic E-state index is -3.94. The fraction of sp³-hybridized carbons (Fsp3) is 0.125. The van der Waals surface area contributed by atoms with Gasteiger partial charge in [0.05, 0.1) is 11.8 Å². The monoisotopic (exact) mass is 232 g/mol. The summed E-state index contributed by atoms with van der Waals surface area (Å²) in [5.41, 5.74) is -0.509. The van der Waals surface area contributed by atoms with Crippen molar-refractivity contribution in [1.82, 2.24) is 0 Å². The number of hydrogen-bond donors (Lipinski definition) is 1. The van der Waals surface area contributed by atoms with Gasteiger partial charge >= 0.3 is 0 Å². The minimum Gasteiger partial charge on any atom is -0.280 e. The van der Waals surface area contributed by atoms with Gasteiger partial charge in [-0.3, -0.25) is 4.72 Å². The summed E-state index contributed by atoms with van der Waals surface area (Å²) in [6, 6.07) is 4.47. The van der Waals surface area contributed by atoms with Crippen LogP contribution in [0.15, 0.2) is 18.2 Å². The largest absolute Gasteiger partial charge is 0.280 e. The quantitative estimate of drug-likeness (QED) is 0.852. The highest BCUT2D eigenvalue weighted by Gasteiger charge is 2.14. The van der Waals surface area contributed by atoms with Crippen molar-refractivity contribution in [3.05, 3.63) is 29.8 Å². The van der Waals surface area contributed by atoms with Crippen LogP contribution in [-0.2, 0) is 10.0 Å². The lowest BCUT2D eigenvalue weighted by molar-refractivity contribution is 0.511. The molecule has 80 valence electrons. The maximum absolute atomic E-state index is 13.0. The van der Waals surface area contributed by atoms with E-state index in [0.29, 0.717) is 0 Å². The summed E-state index contributed by atoms with van der Waals surface area (Å²) in [6.45, 7) is 0. The van der Waals surface area contributed by atoms with Crippen molar-refractivity contribution in [1.29, 1.82) is 5.26 Å². The van der Waals surface area contributed by atoms with E-state index in [1.807, 2.05) is 0 Å². The third kappa shape index (κ3) is 2.89. The minimum absolute atomic E-state index is 0.509. The smallest absolute Gasteiger partial charge is 0.246 e. The Hall–Kier alpha value is -1.68. The molecule has 1 aromatic rings. The number of nitrogens with zero attached hydrogens (tertiary/aromatic N) is 1. The Balaban J connectivity index is 3.02. The Labute approximate surface area is 85.2 Å². The van der Waals surface area contributed by atoms with Gasteiger partial charge in [0, 0.05) is 0 Å². The number of nitriles is 1. The van der Waals surface area contributed by atoms with Crippen LogP contribution in [0.3, 0.4) is 0 Å². The molecule has 0 aromatic heterocycles. The van der Waals surface area contributed by atoms with E-state index in [0.717, 1.165) is 18.2 Å². The van der Waals surface area contributed by atoms with E-state index in [1.165, 1.54) is 6.07 Å². The second-order valence-electron chi connectivity index (χ2n) is 2.62. The molecule has 15 heavy (non-hydrogen) atoms. The lowest BCUT2D eigenvalue weighted by atomic mass is 10.3. The normalized spacial score (nSPS) is 10.7. The SMILES string of the molecule is N#CCS(=O)(=O)Nc1cccc(F)c1F. The highest BCUT2D eigenvalue weighted by atomic mass is 32.2. The second-order valence-corrected chi connectivity index (χ2v) is 4.34. The molecule has 0 saturated carbocycles. The lowest BCUT2D eigenvalue weighted by Crippen LogP contribution is -2.16. The predicted molar refractivity (Wildman–Crippen MR) is 49.4 cm³/mol. The molecule has 1 aromatic carbocycles. The van der Waals surface area contributed by atoms with E-state index in [1.54, 1.807) is 4.72 Å². The van der Waals surface area contributed by atoms with Gasteiger partial charge in [-0.15, -0.1) is 0 Å². The van der Waals surface area contributed by atoms with Gasteiger partial charge in [-0.2, -0.15) is 5.26 Å². The number of hydrogen-bond acceptors (Lipinski definition) is 3. The Morgan fingerprint density at radius 1 is 1.40 bits per heavy atom. The Morgan fingerprint density at radius 2 is 2.07 bits per heavy atom. The molecule has 4 nitrogen and oxygen atoms in total. The fourth-order valence-corrected chi connectivity index (χ4v) is 1.61. The molecule has 1 rings (SSSR count). The maximum Gasteiger partial charge on any atom is 0.246 e. The summed E-state index contributed by atoms with van der Waals surface area (Å²) in [5.74, 6) is -3.27. The molecule has 0 aliphatic heterocycles. The summed E-state index contributed by atoms with van der Waals surface area (Å²) in [7, 11) is -3.94. The Bertz CT molecular complexity index is 508. The Morgan fingerprint density at radius 3 is 2.67 bits per heavy atom. The van der Waals surface area contributed by atoms with Crippen molar-refractivity contribution in [3.8, 4) is 6.07 Å². The van der Waals surface area contributed by atoms with Gasteiger partial charge in [0.1, 0.15) is 0 Å². The molecule has 0 aliphatic carbocycles. The van der Waals surface area contributed by atoms with Crippen LogP contribution in [0.5, 0.6) is 0 Å². The molecule has 7 heteroatoms. The zero-order valence-electron chi connectivity index (χ0n) is 7.37. The van der Waals surface area contributed by atoms with Crippen molar-refractivity contribution >= 4 is 15.7 Å². The van der Waals surface area contributed by atoms with Crippen molar-refractivity contribution in [2.75, 3.05) is 10.5 Å². The first-order valence-corrected chi connectivity index (χ1v) is 5.43. The first-order valence-electron chi connectivity index (χ1n) is 3.78. The number of rotatable bonds is 3. The molecule has 0 spiro atoms. The van der Waals surface area contributed by atoms with Crippen LogP contribution in [0.1, 0.15) is 0 Å². The van der Waals surface area contributed by atoms with Gasteiger partial charge < -0.3 is 0 Å². The third-order valence-electron chi connectivity index (χ3n) is 1.47. The first kappa shape index (κ1) is 11.4. The first-order chi connectivity index (χ1) is 6.96. The summed E-state index contributed by atoms with van der Waals surface area (Å²) in [5, 5.41) is 8.17.